The molecule has 0 radical (unpaired) electrons. The van der Waals surface area contributed by atoms with Gasteiger partial charge in [-0.3, -0.25) is 4.79 Å². The fourth-order valence-electron chi connectivity index (χ4n) is 1.17. The Hall–Kier alpha value is -0.990. The molecule has 0 unspecified atom stereocenters. The van der Waals surface area contributed by atoms with Gasteiger partial charge in [0, 0.05) is 3.57 Å². The summed E-state index contributed by atoms with van der Waals surface area (Å²) in [7, 11) is 0. The number of esters is 1. The average molecular weight is 357 g/mol. The third-order valence-electron chi connectivity index (χ3n) is 1.88. The SMILES string of the molecule is CCOC(=O)Cc1nc(C(F)F)c(O)cc1I. The van der Waals surface area contributed by atoms with E-state index in [2.05, 4.69) is 4.98 Å². The van der Waals surface area contributed by atoms with Crippen molar-refractivity contribution >= 4 is 28.6 Å². The number of hydrogen-bond donors (Lipinski definition) is 1. The third-order valence-corrected chi connectivity index (χ3v) is 2.81. The van der Waals surface area contributed by atoms with Gasteiger partial charge >= 0.3 is 5.97 Å². The van der Waals surface area contributed by atoms with Gasteiger partial charge in [0.1, 0.15) is 11.4 Å². The van der Waals surface area contributed by atoms with Gasteiger partial charge in [-0.25, -0.2) is 13.8 Å². The van der Waals surface area contributed by atoms with E-state index in [1.165, 1.54) is 0 Å². The van der Waals surface area contributed by atoms with E-state index in [0.717, 1.165) is 6.07 Å². The van der Waals surface area contributed by atoms with Crippen LogP contribution in [0, 0.1) is 3.57 Å². The number of alkyl halides is 2. The third kappa shape index (κ3) is 3.76. The van der Waals surface area contributed by atoms with Gasteiger partial charge in [-0.15, -0.1) is 0 Å². The molecule has 1 heterocycles. The number of pyridine rings is 1. The Morgan fingerprint density at radius 1 is 1.65 bits per heavy atom. The molecular formula is C10H10F2INO3. The number of aromatic hydroxyl groups is 1. The first-order chi connectivity index (χ1) is 7.95. The van der Waals surface area contributed by atoms with Crippen molar-refractivity contribution in [3.63, 3.8) is 0 Å². The monoisotopic (exact) mass is 357 g/mol. The summed E-state index contributed by atoms with van der Waals surface area (Å²) < 4.78 is 30.1. The fraction of sp³-hybridized carbons (Fsp3) is 0.400. The molecule has 0 aliphatic carbocycles. The number of carbonyl (C=O) groups excluding carboxylic acids is 1. The van der Waals surface area contributed by atoms with Gasteiger partial charge in [0.25, 0.3) is 6.43 Å². The summed E-state index contributed by atoms with van der Waals surface area (Å²) in [6.07, 6.45) is -3.07. The summed E-state index contributed by atoms with van der Waals surface area (Å²) >= 11 is 1.81. The quantitative estimate of drug-likeness (QED) is 0.664. The molecule has 0 spiro atoms. The molecule has 1 aromatic heterocycles. The molecule has 1 N–H and O–H groups in total. The van der Waals surface area contributed by atoms with E-state index >= 15 is 0 Å². The van der Waals surface area contributed by atoms with E-state index in [4.69, 9.17) is 4.74 Å². The minimum atomic E-state index is -2.88. The number of halogens is 3. The zero-order valence-electron chi connectivity index (χ0n) is 8.91. The lowest BCUT2D eigenvalue weighted by molar-refractivity contribution is -0.142. The maximum absolute atomic E-state index is 12.5. The molecule has 7 heteroatoms. The lowest BCUT2D eigenvalue weighted by Crippen LogP contribution is -2.11. The van der Waals surface area contributed by atoms with Crippen LogP contribution in [0.3, 0.4) is 0 Å². The van der Waals surface area contributed by atoms with Crippen molar-refractivity contribution < 1.29 is 23.4 Å². The van der Waals surface area contributed by atoms with Gasteiger partial charge in [-0.05, 0) is 35.6 Å². The van der Waals surface area contributed by atoms with Gasteiger partial charge < -0.3 is 9.84 Å². The zero-order valence-corrected chi connectivity index (χ0v) is 11.1. The first kappa shape index (κ1) is 14.1. The van der Waals surface area contributed by atoms with Crippen LogP contribution in [0.1, 0.15) is 24.7 Å². The molecule has 0 aliphatic rings. The topological polar surface area (TPSA) is 59.4 Å². The van der Waals surface area contributed by atoms with Crippen molar-refractivity contribution in [1.82, 2.24) is 4.98 Å². The number of rotatable bonds is 4. The molecule has 0 aromatic carbocycles. The van der Waals surface area contributed by atoms with Crippen molar-refractivity contribution in [2.45, 2.75) is 19.8 Å². The predicted octanol–water partition coefficient (Wildman–Crippen LogP) is 2.44. The molecule has 0 saturated carbocycles. The molecule has 0 aliphatic heterocycles. The second-order valence-electron chi connectivity index (χ2n) is 3.10. The molecule has 94 valence electrons. The van der Waals surface area contributed by atoms with Gasteiger partial charge in [0.2, 0.25) is 0 Å². The van der Waals surface area contributed by atoms with E-state index < -0.39 is 23.8 Å². The highest BCUT2D eigenvalue weighted by atomic mass is 127. The molecule has 17 heavy (non-hydrogen) atoms. The summed E-state index contributed by atoms with van der Waals surface area (Å²) in [5.41, 5.74) is -0.540. The molecular weight excluding hydrogens is 347 g/mol. The molecule has 1 aromatic rings. The van der Waals surface area contributed by atoms with Gasteiger partial charge in [-0.2, -0.15) is 0 Å². The highest BCUT2D eigenvalue weighted by Crippen LogP contribution is 2.29. The van der Waals surface area contributed by atoms with Crippen molar-refractivity contribution in [2.24, 2.45) is 0 Å². The van der Waals surface area contributed by atoms with Crippen molar-refractivity contribution in [1.29, 1.82) is 0 Å². The molecule has 0 atom stereocenters. The second kappa shape index (κ2) is 6.08. The van der Waals surface area contributed by atoms with Crippen LogP contribution >= 0.6 is 22.6 Å². The summed E-state index contributed by atoms with van der Waals surface area (Å²) in [5, 5.41) is 9.26. The van der Waals surface area contributed by atoms with Crippen LogP contribution in [0.25, 0.3) is 0 Å². The summed E-state index contributed by atoms with van der Waals surface area (Å²) in [6, 6.07) is 1.16. The van der Waals surface area contributed by atoms with E-state index in [9.17, 15) is 18.7 Å². The summed E-state index contributed by atoms with van der Waals surface area (Å²) in [5.74, 6) is -1.11. The van der Waals surface area contributed by atoms with Gasteiger partial charge in [-0.1, -0.05) is 0 Å². The molecule has 1 rings (SSSR count). The fourth-order valence-corrected chi connectivity index (χ4v) is 1.77. The molecule has 0 fully saturated rings. The first-order valence-electron chi connectivity index (χ1n) is 4.77. The van der Waals surface area contributed by atoms with Gasteiger partial charge in [0.15, 0.2) is 0 Å². The van der Waals surface area contributed by atoms with Crippen molar-refractivity contribution in [3.05, 3.63) is 21.0 Å². The largest absolute Gasteiger partial charge is 0.506 e. The molecule has 0 amide bonds. The van der Waals surface area contributed by atoms with E-state index in [0.29, 0.717) is 3.57 Å². The Kier molecular flexibility index (Phi) is 5.03. The Morgan fingerprint density at radius 3 is 2.82 bits per heavy atom. The van der Waals surface area contributed by atoms with Crippen LogP contribution < -0.4 is 0 Å². The average Bonchev–Trinajstić information content (AvgIpc) is 2.21. The summed E-state index contributed by atoms with van der Waals surface area (Å²) in [6.45, 7) is 1.87. The lowest BCUT2D eigenvalue weighted by Gasteiger charge is -2.08. The van der Waals surface area contributed by atoms with E-state index in [-0.39, 0.29) is 18.7 Å². The lowest BCUT2D eigenvalue weighted by atomic mass is 10.2. The Labute approximate surface area is 110 Å². The maximum atomic E-state index is 12.5. The van der Waals surface area contributed by atoms with Crippen LogP contribution in [0.4, 0.5) is 8.78 Å². The normalized spacial score (nSPS) is 10.6. The molecule has 0 saturated heterocycles. The highest BCUT2D eigenvalue weighted by molar-refractivity contribution is 14.1. The first-order valence-corrected chi connectivity index (χ1v) is 5.85. The van der Waals surface area contributed by atoms with Crippen LogP contribution in [0.15, 0.2) is 6.07 Å². The van der Waals surface area contributed by atoms with Crippen LogP contribution in [0.5, 0.6) is 5.75 Å². The van der Waals surface area contributed by atoms with Crippen LogP contribution in [-0.4, -0.2) is 22.7 Å². The highest BCUT2D eigenvalue weighted by Gasteiger charge is 2.19. The Balaban J connectivity index is 2.99. The summed E-state index contributed by atoms with van der Waals surface area (Å²) in [4.78, 5) is 14.8. The van der Waals surface area contributed by atoms with Gasteiger partial charge in [0.05, 0.1) is 18.7 Å². The van der Waals surface area contributed by atoms with Crippen LogP contribution in [0.2, 0.25) is 0 Å². The standard InChI is InChI=1S/C10H10F2INO3/c1-2-17-8(16)4-6-5(13)3-7(15)9(14-6)10(11)12/h3,10,15H,2,4H2,1H3. The number of ether oxygens (including phenoxy) is 1. The number of aromatic nitrogens is 1. The number of hydrogen-bond acceptors (Lipinski definition) is 4. The predicted molar refractivity (Wildman–Crippen MR) is 63.9 cm³/mol. The minimum Gasteiger partial charge on any atom is -0.506 e. The van der Waals surface area contributed by atoms with E-state index in [1.54, 1.807) is 6.92 Å². The minimum absolute atomic E-state index is 0.178. The smallest absolute Gasteiger partial charge is 0.311 e. The number of nitrogens with zero attached hydrogens (tertiary/aromatic N) is 1. The zero-order chi connectivity index (χ0) is 13.0. The number of carbonyl (C=O) groups is 1. The maximum Gasteiger partial charge on any atom is 0.311 e. The molecule has 0 bridgehead atoms. The Bertz CT molecular complexity index is 426. The second-order valence-corrected chi connectivity index (χ2v) is 4.27. The van der Waals surface area contributed by atoms with Crippen molar-refractivity contribution in [3.8, 4) is 5.75 Å². The Morgan fingerprint density at radius 2 is 2.29 bits per heavy atom. The van der Waals surface area contributed by atoms with Crippen molar-refractivity contribution in [2.75, 3.05) is 6.61 Å². The van der Waals surface area contributed by atoms with Crippen LogP contribution in [-0.2, 0) is 16.0 Å². The van der Waals surface area contributed by atoms with E-state index in [1.807, 2.05) is 22.6 Å². The molecule has 4 nitrogen and oxygen atoms in total.